The third-order valence-electron chi connectivity index (χ3n) is 2.52. The van der Waals surface area contributed by atoms with Gasteiger partial charge in [0.2, 0.25) is 5.95 Å². The highest BCUT2D eigenvalue weighted by atomic mass is 16.5. The van der Waals surface area contributed by atoms with Crippen LogP contribution in [0.15, 0.2) is 12.4 Å². The zero-order chi connectivity index (χ0) is 12.8. The second-order valence-corrected chi connectivity index (χ2v) is 4.04. The highest BCUT2D eigenvalue weighted by Crippen LogP contribution is 2.14. The quantitative estimate of drug-likeness (QED) is 0.709. The molecule has 0 radical (unpaired) electrons. The van der Waals surface area contributed by atoms with Crippen molar-refractivity contribution in [1.82, 2.24) is 9.55 Å². The van der Waals surface area contributed by atoms with Crippen LogP contribution in [-0.2, 0) is 16.1 Å². The van der Waals surface area contributed by atoms with Gasteiger partial charge in [0.05, 0.1) is 6.61 Å². The molecule has 0 saturated carbocycles. The maximum atomic E-state index is 11.6. The molecule has 1 aromatic heterocycles. The van der Waals surface area contributed by atoms with Crippen LogP contribution >= 0.6 is 0 Å². The van der Waals surface area contributed by atoms with Gasteiger partial charge in [0.15, 0.2) is 0 Å². The van der Waals surface area contributed by atoms with Crippen LogP contribution in [0.5, 0.6) is 0 Å². The third kappa shape index (κ3) is 3.47. The first-order chi connectivity index (χ1) is 8.10. The molecule has 5 heteroatoms. The van der Waals surface area contributed by atoms with Crippen LogP contribution in [0, 0.1) is 0 Å². The predicted molar refractivity (Wildman–Crippen MR) is 67.0 cm³/mol. The molecule has 0 saturated heterocycles. The molecule has 0 aliphatic carbocycles. The molecule has 0 aliphatic rings. The molecule has 0 fully saturated rings. The molecule has 17 heavy (non-hydrogen) atoms. The van der Waals surface area contributed by atoms with Crippen LogP contribution in [0.1, 0.15) is 27.7 Å². The van der Waals surface area contributed by atoms with Crippen LogP contribution in [0.3, 0.4) is 0 Å². The minimum absolute atomic E-state index is 0.201. The predicted octanol–water partition coefficient (Wildman–Crippen LogP) is 1.68. The van der Waals surface area contributed by atoms with Gasteiger partial charge in [-0.3, -0.25) is 4.79 Å². The first-order valence-corrected chi connectivity index (χ1v) is 6.03. The summed E-state index contributed by atoms with van der Waals surface area (Å²) in [6.45, 7) is 9.41. The Morgan fingerprint density at radius 3 is 2.76 bits per heavy atom. The summed E-state index contributed by atoms with van der Waals surface area (Å²) in [4.78, 5) is 17.8. The SMILES string of the molecule is CCOC(=O)CN(c1nccn1CC)C(C)C. The summed E-state index contributed by atoms with van der Waals surface area (Å²) in [6.07, 6.45) is 3.66. The van der Waals surface area contributed by atoms with Crippen molar-refractivity contribution in [3.05, 3.63) is 12.4 Å². The van der Waals surface area contributed by atoms with Gasteiger partial charge in [-0.05, 0) is 27.7 Å². The van der Waals surface area contributed by atoms with Crippen molar-refractivity contribution in [3.8, 4) is 0 Å². The van der Waals surface area contributed by atoms with Crippen molar-refractivity contribution in [2.45, 2.75) is 40.3 Å². The lowest BCUT2D eigenvalue weighted by Gasteiger charge is -2.27. The largest absolute Gasteiger partial charge is 0.465 e. The van der Waals surface area contributed by atoms with Crippen molar-refractivity contribution >= 4 is 11.9 Å². The normalized spacial score (nSPS) is 10.6. The van der Waals surface area contributed by atoms with Gasteiger partial charge >= 0.3 is 5.97 Å². The van der Waals surface area contributed by atoms with E-state index < -0.39 is 0 Å². The summed E-state index contributed by atoms with van der Waals surface area (Å²) in [5, 5.41) is 0. The fourth-order valence-corrected chi connectivity index (χ4v) is 1.64. The molecule has 0 aromatic carbocycles. The number of rotatable bonds is 6. The van der Waals surface area contributed by atoms with Crippen LogP contribution in [0.25, 0.3) is 0 Å². The Morgan fingerprint density at radius 2 is 2.24 bits per heavy atom. The number of ether oxygens (including phenoxy) is 1. The second-order valence-electron chi connectivity index (χ2n) is 4.04. The van der Waals surface area contributed by atoms with E-state index in [1.54, 1.807) is 6.20 Å². The van der Waals surface area contributed by atoms with E-state index in [1.165, 1.54) is 0 Å². The van der Waals surface area contributed by atoms with Gasteiger partial charge in [-0.1, -0.05) is 0 Å². The summed E-state index contributed by atoms with van der Waals surface area (Å²) in [5.41, 5.74) is 0. The number of imidazole rings is 1. The van der Waals surface area contributed by atoms with Crippen LogP contribution in [-0.4, -0.2) is 34.7 Å². The van der Waals surface area contributed by atoms with E-state index in [0.717, 1.165) is 12.5 Å². The number of nitrogens with zero attached hydrogens (tertiary/aromatic N) is 3. The van der Waals surface area contributed by atoms with E-state index in [0.29, 0.717) is 6.61 Å². The Hall–Kier alpha value is -1.52. The standard InChI is InChI=1S/C12H21N3O2/c1-5-14-8-7-13-12(14)15(10(3)4)9-11(16)17-6-2/h7-8,10H,5-6,9H2,1-4H3. The van der Waals surface area contributed by atoms with Gasteiger partial charge in [-0.25, -0.2) is 4.98 Å². The molecule has 0 spiro atoms. The molecule has 5 nitrogen and oxygen atoms in total. The number of carbonyl (C=O) groups excluding carboxylic acids is 1. The molecule has 0 N–H and O–H groups in total. The molecule has 0 atom stereocenters. The highest BCUT2D eigenvalue weighted by Gasteiger charge is 2.19. The van der Waals surface area contributed by atoms with E-state index in [1.807, 2.05) is 43.4 Å². The fraction of sp³-hybridized carbons (Fsp3) is 0.667. The molecule has 96 valence electrons. The van der Waals surface area contributed by atoms with Gasteiger partial charge in [-0.2, -0.15) is 0 Å². The lowest BCUT2D eigenvalue weighted by Crippen LogP contribution is -2.38. The van der Waals surface area contributed by atoms with E-state index in [2.05, 4.69) is 4.98 Å². The van der Waals surface area contributed by atoms with Gasteiger partial charge in [0.25, 0.3) is 0 Å². The Balaban J connectivity index is 2.82. The molecule has 0 aliphatic heterocycles. The summed E-state index contributed by atoms with van der Waals surface area (Å²) in [7, 11) is 0. The topological polar surface area (TPSA) is 47.4 Å². The Morgan fingerprint density at radius 1 is 1.53 bits per heavy atom. The highest BCUT2D eigenvalue weighted by molar-refractivity contribution is 5.75. The van der Waals surface area contributed by atoms with E-state index >= 15 is 0 Å². The average molecular weight is 239 g/mol. The van der Waals surface area contributed by atoms with Crippen molar-refractivity contribution in [3.63, 3.8) is 0 Å². The number of esters is 1. The van der Waals surface area contributed by atoms with Crippen molar-refractivity contribution in [1.29, 1.82) is 0 Å². The summed E-state index contributed by atoms with van der Waals surface area (Å²) >= 11 is 0. The van der Waals surface area contributed by atoms with Crippen LogP contribution in [0.4, 0.5) is 5.95 Å². The molecule has 0 unspecified atom stereocenters. The van der Waals surface area contributed by atoms with E-state index in [-0.39, 0.29) is 18.6 Å². The average Bonchev–Trinajstić information content (AvgIpc) is 2.73. The maximum absolute atomic E-state index is 11.6. The number of carbonyl (C=O) groups is 1. The minimum atomic E-state index is -0.216. The molecular formula is C12H21N3O2. The van der Waals surface area contributed by atoms with Gasteiger partial charge in [-0.15, -0.1) is 0 Å². The van der Waals surface area contributed by atoms with Crippen LogP contribution < -0.4 is 4.90 Å². The van der Waals surface area contributed by atoms with Crippen molar-refractivity contribution < 1.29 is 9.53 Å². The molecule has 1 rings (SSSR count). The molecule has 0 bridgehead atoms. The number of hydrogen-bond acceptors (Lipinski definition) is 4. The number of anilines is 1. The lowest BCUT2D eigenvalue weighted by atomic mass is 10.3. The smallest absolute Gasteiger partial charge is 0.325 e. The summed E-state index contributed by atoms with van der Waals surface area (Å²) < 4.78 is 6.99. The van der Waals surface area contributed by atoms with Gasteiger partial charge in [0, 0.05) is 25.0 Å². The summed E-state index contributed by atoms with van der Waals surface area (Å²) in [5.74, 6) is 0.599. The first-order valence-electron chi connectivity index (χ1n) is 6.03. The monoisotopic (exact) mass is 239 g/mol. The van der Waals surface area contributed by atoms with Crippen LogP contribution in [0.2, 0.25) is 0 Å². The Bertz CT molecular complexity index is 360. The van der Waals surface area contributed by atoms with E-state index in [4.69, 9.17) is 4.74 Å². The fourth-order valence-electron chi connectivity index (χ4n) is 1.64. The molecule has 1 heterocycles. The summed E-state index contributed by atoms with van der Waals surface area (Å²) in [6, 6.07) is 0.201. The first kappa shape index (κ1) is 13.5. The van der Waals surface area contributed by atoms with Crippen molar-refractivity contribution in [2.24, 2.45) is 0 Å². The zero-order valence-corrected chi connectivity index (χ0v) is 11.0. The number of hydrogen-bond donors (Lipinski definition) is 0. The third-order valence-corrected chi connectivity index (χ3v) is 2.52. The molecule has 0 amide bonds. The number of aryl methyl sites for hydroxylation is 1. The number of aromatic nitrogens is 2. The maximum Gasteiger partial charge on any atom is 0.325 e. The second kappa shape index (κ2) is 6.27. The zero-order valence-electron chi connectivity index (χ0n) is 11.0. The van der Waals surface area contributed by atoms with Crippen molar-refractivity contribution in [2.75, 3.05) is 18.1 Å². The Kier molecular flexibility index (Phi) is 5.00. The lowest BCUT2D eigenvalue weighted by molar-refractivity contribution is -0.141. The minimum Gasteiger partial charge on any atom is -0.465 e. The van der Waals surface area contributed by atoms with E-state index in [9.17, 15) is 4.79 Å². The van der Waals surface area contributed by atoms with Gasteiger partial charge < -0.3 is 14.2 Å². The molecular weight excluding hydrogens is 218 g/mol. The Labute approximate surface area is 102 Å². The molecule has 1 aromatic rings. The van der Waals surface area contributed by atoms with Gasteiger partial charge in [0.1, 0.15) is 6.54 Å².